The van der Waals surface area contributed by atoms with Crippen molar-refractivity contribution in [2.45, 2.75) is 12.6 Å². The van der Waals surface area contributed by atoms with Crippen molar-refractivity contribution >= 4 is 30.1 Å². The average molecular weight is 319 g/mol. The fourth-order valence-corrected chi connectivity index (χ4v) is 2.81. The number of rotatable bonds is 5. The van der Waals surface area contributed by atoms with Crippen LogP contribution in [0.5, 0.6) is 11.5 Å². The molecule has 1 unspecified atom stereocenters. The molecule has 0 bridgehead atoms. The Bertz CT molecular complexity index is 453. The Labute approximate surface area is 129 Å². The molecule has 1 aromatic carbocycles. The summed E-state index contributed by atoms with van der Waals surface area (Å²) in [5.41, 5.74) is 0.983. The third-order valence-corrected chi connectivity index (χ3v) is 3.89. The number of amides is 1. The number of halogens is 1. The van der Waals surface area contributed by atoms with E-state index in [9.17, 15) is 4.79 Å². The lowest BCUT2D eigenvalue weighted by atomic mass is 10.2. The highest BCUT2D eigenvalue weighted by molar-refractivity contribution is 7.99. The molecule has 0 aliphatic carbocycles. The molecule has 1 amide bonds. The summed E-state index contributed by atoms with van der Waals surface area (Å²) in [7, 11) is 3.20. The van der Waals surface area contributed by atoms with Gasteiger partial charge in [-0.15, -0.1) is 24.2 Å². The van der Waals surface area contributed by atoms with Crippen LogP contribution in [-0.4, -0.2) is 37.8 Å². The number of methoxy groups -OCH3 is 2. The van der Waals surface area contributed by atoms with Gasteiger partial charge in [0.1, 0.15) is 0 Å². The molecule has 1 aliphatic rings. The molecule has 0 aromatic heterocycles. The van der Waals surface area contributed by atoms with Crippen molar-refractivity contribution in [3.63, 3.8) is 0 Å². The summed E-state index contributed by atoms with van der Waals surface area (Å²) in [6.07, 6.45) is 0. The molecule has 7 heteroatoms. The van der Waals surface area contributed by atoms with Gasteiger partial charge in [0.25, 0.3) is 0 Å². The second-order valence-corrected chi connectivity index (χ2v) is 5.21. The van der Waals surface area contributed by atoms with Crippen molar-refractivity contribution in [1.29, 1.82) is 0 Å². The third-order valence-electron chi connectivity index (χ3n) is 2.95. The Balaban J connectivity index is 0.00000200. The second kappa shape index (κ2) is 8.24. The van der Waals surface area contributed by atoms with Crippen molar-refractivity contribution < 1.29 is 14.3 Å². The fourth-order valence-electron chi connectivity index (χ4n) is 1.87. The van der Waals surface area contributed by atoms with E-state index in [0.29, 0.717) is 18.0 Å². The summed E-state index contributed by atoms with van der Waals surface area (Å²) in [4.78, 5) is 11.9. The van der Waals surface area contributed by atoms with E-state index in [-0.39, 0.29) is 24.4 Å². The largest absolute Gasteiger partial charge is 0.493 e. The van der Waals surface area contributed by atoms with Crippen LogP contribution < -0.4 is 20.1 Å². The van der Waals surface area contributed by atoms with Crippen molar-refractivity contribution in [1.82, 2.24) is 10.6 Å². The normalized spacial score (nSPS) is 17.2. The van der Waals surface area contributed by atoms with Gasteiger partial charge in [-0.3, -0.25) is 10.1 Å². The lowest BCUT2D eigenvalue weighted by Gasteiger charge is -2.12. The standard InChI is InChI=1S/C13H18N2O3S.ClH/c1-17-11-4-3-9(5-12(11)18-2)6-14-13(16)10-7-19-8-15-10;/h3-5,10,15H,6-8H2,1-2H3,(H,14,16);1H. The van der Waals surface area contributed by atoms with E-state index in [1.54, 1.807) is 26.0 Å². The van der Waals surface area contributed by atoms with Crippen LogP contribution in [0.4, 0.5) is 0 Å². The molecular weight excluding hydrogens is 300 g/mol. The number of benzene rings is 1. The van der Waals surface area contributed by atoms with Gasteiger partial charge in [0.2, 0.25) is 5.91 Å². The fraction of sp³-hybridized carbons (Fsp3) is 0.462. The van der Waals surface area contributed by atoms with E-state index in [2.05, 4.69) is 10.6 Å². The molecule has 1 saturated heterocycles. The van der Waals surface area contributed by atoms with E-state index in [4.69, 9.17) is 9.47 Å². The molecule has 1 atom stereocenters. The highest BCUT2D eigenvalue weighted by atomic mass is 35.5. The SMILES string of the molecule is COc1ccc(CNC(=O)C2CSCN2)cc1OC.Cl. The Morgan fingerprint density at radius 2 is 2.15 bits per heavy atom. The smallest absolute Gasteiger partial charge is 0.238 e. The minimum Gasteiger partial charge on any atom is -0.493 e. The summed E-state index contributed by atoms with van der Waals surface area (Å²) in [6.45, 7) is 0.488. The molecule has 0 spiro atoms. The quantitative estimate of drug-likeness (QED) is 0.859. The van der Waals surface area contributed by atoms with Gasteiger partial charge in [-0.1, -0.05) is 6.07 Å². The van der Waals surface area contributed by atoms with Gasteiger partial charge in [0.05, 0.1) is 20.3 Å². The number of hydrogen-bond donors (Lipinski definition) is 2. The van der Waals surface area contributed by atoms with E-state index in [1.165, 1.54) is 0 Å². The monoisotopic (exact) mass is 318 g/mol. The molecule has 1 fully saturated rings. The molecular formula is C13H19ClN2O3S. The van der Waals surface area contributed by atoms with Crippen molar-refractivity contribution in [3.8, 4) is 11.5 Å². The first-order valence-electron chi connectivity index (χ1n) is 6.04. The predicted molar refractivity (Wildman–Crippen MR) is 82.9 cm³/mol. The zero-order valence-electron chi connectivity index (χ0n) is 11.5. The zero-order chi connectivity index (χ0) is 13.7. The van der Waals surface area contributed by atoms with Crippen LogP contribution in [-0.2, 0) is 11.3 Å². The Hall–Kier alpha value is -1.11. The maximum absolute atomic E-state index is 11.9. The van der Waals surface area contributed by atoms with Crippen LogP contribution in [0.3, 0.4) is 0 Å². The summed E-state index contributed by atoms with van der Waals surface area (Å²) in [5.74, 6) is 3.07. The van der Waals surface area contributed by atoms with Gasteiger partial charge < -0.3 is 14.8 Å². The predicted octanol–water partition coefficient (Wildman–Crippen LogP) is 1.40. The molecule has 2 N–H and O–H groups in total. The maximum Gasteiger partial charge on any atom is 0.238 e. The molecule has 112 valence electrons. The average Bonchev–Trinajstić information content (AvgIpc) is 2.98. The molecule has 1 heterocycles. The van der Waals surface area contributed by atoms with E-state index in [1.807, 2.05) is 18.2 Å². The summed E-state index contributed by atoms with van der Waals surface area (Å²) < 4.78 is 10.4. The topological polar surface area (TPSA) is 59.6 Å². The van der Waals surface area contributed by atoms with Gasteiger partial charge in [-0.2, -0.15) is 0 Å². The summed E-state index contributed by atoms with van der Waals surface area (Å²) >= 11 is 1.73. The van der Waals surface area contributed by atoms with Crippen molar-refractivity contribution in [2.24, 2.45) is 0 Å². The Morgan fingerprint density at radius 3 is 2.75 bits per heavy atom. The van der Waals surface area contributed by atoms with E-state index in [0.717, 1.165) is 17.2 Å². The molecule has 2 rings (SSSR count). The number of ether oxygens (including phenoxy) is 2. The number of thioether (sulfide) groups is 1. The zero-order valence-corrected chi connectivity index (χ0v) is 13.1. The van der Waals surface area contributed by atoms with E-state index >= 15 is 0 Å². The number of nitrogens with one attached hydrogen (secondary N) is 2. The third kappa shape index (κ3) is 4.19. The maximum atomic E-state index is 11.9. The van der Waals surface area contributed by atoms with Crippen LogP contribution in [0.2, 0.25) is 0 Å². The van der Waals surface area contributed by atoms with Crippen molar-refractivity contribution in [2.75, 3.05) is 25.8 Å². The van der Waals surface area contributed by atoms with Crippen LogP contribution in [0.15, 0.2) is 18.2 Å². The van der Waals surface area contributed by atoms with Gasteiger partial charge in [0.15, 0.2) is 11.5 Å². The molecule has 0 radical (unpaired) electrons. The molecule has 1 aromatic rings. The molecule has 20 heavy (non-hydrogen) atoms. The lowest BCUT2D eigenvalue weighted by Crippen LogP contribution is -2.41. The Morgan fingerprint density at radius 1 is 1.40 bits per heavy atom. The second-order valence-electron chi connectivity index (χ2n) is 4.18. The first kappa shape index (κ1) is 16.9. The van der Waals surface area contributed by atoms with Gasteiger partial charge in [0, 0.05) is 18.2 Å². The molecule has 5 nitrogen and oxygen atoms in total. The summed E-state index contributed by atoms with van der Waals surface area (Å²) in [6, 6.07) is 5.54. The van der Waals surface area contributed by atoms with Crippen LogP contribution in [0.1, 0.15) is 5.56 Å². The number of hydrogen-bond acceptors (Lipinski definition) is 5. The molecule has 0 saturated carbocycles. The van der Waals surface area contributed by atoms with E-state index < -0.39 is 0 Å². The number of carbonyl (C=O) groups excluding carboxylic acids is 1. The van der Waals surface area contributed by atoms with Crippen LogP contribution in [0, 0.1) is 0 Å². The van der Waals surface area contributed by atoms with Crippen LogP contribution >= 0.6 is 24.2 Å². The Kier molecular flexibility index (Phi) is 6.98. The van der Waals surface area contributed by atoms with Gasteiger partial charge >= 0.3 is 0 Å². The number of carbonyl (C=O) groups is 1. The van der Waals surface area contributed by atoms with Crippen LogP contribution in [0.25, 0.3) is 0 Å². The van der Waals surface area contributed by atoms with Gasteiger partial charge in [-0.05, 0) is 17.7 Å². The molecule has 1 aliphatic heterocycles. The highest BCUT2D eigenvalue weighted by Crippen LogP contribution is 2.27. The lowest BCUT2D eigenvalue weighted by molar-refractivity contribution is -0.122. The first-order valence-corrected chi connectivity index (χ1v) is 7.20. The first-order chi connectivity index (χ1) is 9.24. The minimum absolute atomic E-state index is 0. The van der Waals surface area contributed by atoms with Gasteiger partial charge in [-0.25, -0.2) is 0 Å². The highest BCUT2D eigenvalue weighted by Gasteiger charge is 2.21. The van der Waals surface area contributed by atoms with Crippen molar-refractivity contribution in [3.05, 3.63) is 23.8 Å². The minimum atomic E-state index is -0.0786. The summed E-state index contributed by atoms with van der Waals surface area (Å²) in [5, 5.41) is 6.06.